The molecule has 182 valence electrons. The predicted octanol–water partition coefficient (Wildman–Crippen LogP) is 5.17. The van der Waals surface area contributed by atoms with Crippen molar-refractivity contribution in [2.45, 2.75) is 38.3 Å². The molecule has 0 bridgehead atoms. The fraction of sp³-hybridized carbons (Fsp3) is 0.276. The maximum absolute atomic E-state index is 13.8. The third kappa shape index (κ3) is 3.85. The molecule has 6 rings (SSSR count). The Hall–Kier alpha value is -4.00. The van der Waals surface area contributed by atoms with E-state index in [1.165, 1.54) is 12.1 Å². The Labute approximate surface area is 208 Å². The summed E-state index contributed by atoms with van der Waals surface area (Å²) in [6.07, 6.45) is 4.22. The molecule has 1 aromatic heterocycles. The van der Waals surface area contributed by atoms with Crippen LogP contribution in [0, 0.1) is 17.7 Å². The van der Waals surface area contributed by atoms with Gasteiger partial charge in [-0.15, -0.1) is 0 Å². The van der Waals surface area contributed by atoms with Crippen LogP contribution in [0.15, 0.2) is 79.0 Å². The van der Waals surface area contributed by atoms with E-state index in [0.717, 1.165) is 40.7 Å². The van der Waals surface area contributed by atoms with E-state index in [0.29, 0.717) is 6.42 Å². The van der Waals surface area contributed by atoms with Gasteiger partial charge in [-0.2, -0.15) is 5.10 Å². The number of hydrogen-bond acceptors (Lipinski definition) is 3. The molecular weight excluding hydrogens is 455 g/mol. The molecule has 1 saturated heterocycles. The third-order valence-corrected chi connectivity index (χ3v) is 7.35. The molecule has 1 saturated carbocycles. The number of halogens is 1. The van der Waals surface area contributed by atoms with Crippen LogP contribution in [-0.4, -0.2) is 27.6 Å². The van der Waals surface area contributed by atoms with E-state index in [9.17, 15) is 14.0 Å². The summed E-state index contributed by atoms with van der Waals surface area (Å²) in [4.78, 5) is 28.5. The lowest BCUT2D eigenvalue weighted by atomic mass is 9.91. The van der Waals surface area contributed by atoms with Crippen LogP contribution in [0.4, 0.5) is 10.1 Å². The van der Waals surface area contributed by atoms with Crippen molar-refractivity contribution in [3.8, 4) is 5.69 Å². The minimum absolute atomic E-state index is 0.0118. The molecule has 2 fully saturated rings. The van der Waals surface area contributed by atoms with Crippen molar-refractivity contribution in [3.63, 3.8) is 0 Å². The van der Waals surface area contributed by atoms with Crippen molar-refractivity contribution in [2.24, 2.45) is 11.8 Å². The molecule has 4 aromatic rings. The zero-order valence-corrected chi connectivity index (χ0v) is 20.0. The maximum Gasteiger partial charge on any atom is 0.232 e. The minimum atomic E-state index is -0.310. The highest BCUT2D eigenvalue weighted by Crippen LogP contribution is 2.43. The number of fused-ring (bicyclic) bond motifs is 1. The summed E-state index contributed by atoms with van der Waals surface area (Å²) < 4.78 is 15.2. The smallest absolute Gasteiger partial charge is 0.232 e. The lowest BCUT2D eigenvalue weighted by Crippen LogP contribution is -2.43. The number of aromatic nitrogens is 2. The fourth-order valence-corrected chi connectivity index (χ4v) is 5.34. The van der Waals surface area contributed by atoms with E-state index in [1.54, 1.807) is 23.0 Å². The number of rotatable bonds is 6. The van der Waals surface area contributed by atoms with Gasteiger partial charge in [0.2, 0.25) is 11.8 Å². The second-order valence-electron chi connectivity index (χ2n) is 9.66. The summed E-state index contributed by atoms with van der Waals surface area (Å²) in [7, 11) is 0. The zero-order chi connectivity index (χ0) is 24.8. The summed E-state index contributed by atoms with van der Waals surface area (Å²) in [6, 6.07) is 21.3. The molecule has 3 atom stereocenters. The third-order valence-electron chi connectivity index (χ3n) is 7.35. The Bertz CT molecular complexity index is 1430. The molecule has 2 heterocycles. The SMILES string of the molecule is CC[C@@H]1C(=O)N(c2ccc3c(cnn3-c3ccc(F)cc3)c2)[C@H](c2ccccc2)[C@H]1NC(=O)C1CC1. The number of carbonyl (C=O) groups excluding carboxylic acids is 2. The van der Waals surface area contributed by atoms with Crippen LogP contribution in [0.1, 0.15) is 37.8 Å². The predicted molar refractivity (Wildman–Crippen MR) is 136 cm³/mol. The van der Waals surface area contributed by atoms with E-state index in [-0.39, 0.29) is 41.6 Å². The van der Waals surface area contributed by atoms with Crippen LogP contribution in [0.3, 0.4) is 0 Å². The van der Waals surface area contributed by atoms with Crippen LogP contribution in [0.5, 0.6) is 0 Å². The van der Waals surface area contributed by atoms with Crippen LogP contribution in [0.2, 0.25) is 0 Å². The standard InChI is InChI=1S/C29H27FN4O2/c1-2-24-26(32-28(35)19-8-9-19)27(18-6-4-3-5-7-18)33(29(24)36)23-14-15-25-20(16-23)17-31-34(25)22-12-10-21(30)11-13-22/h3-7,10-17,19,24,26-27H,2,8-9H2,1H3,(H,32,35)/t24-,26-,27+/m0/s1. The number of benzene rings is 3. The lowest BCUT2D eigenvalue weighted by Gasteiger charge is -2.29. The van der Waals surface area contributed by atoms with Crippen LogP contribution >= 0.6 is 0 Å². The first-order valence-corrected chi connectivity index (χ1v) is 12.5. The van der Waals surface area contributed by atoms with Crippen molar-refractivity contribution in [2.75, 3.05) is 4.90 Å². The van der Waals surface area contributed by atoms with Gasteiger partial charge in [0.15, 0.2) is 0 Å². The molecule has 1 aliphatic carbocycles. The largest absolute Gasteiger partial charge is 0.350 e. The Morgan fingerprint density at radius 2 is 1.75 bits per heavy atom. The monoisotopic (exact) mass is 482 g/mol. The van der Waals surface area contributed by atoms with E-state index in [4.69, 9.17) is 0 Å². The molecule has 0 spiro atoms. The van der Waals surface area contributed by atoms with Crippen molar-refractivity contribution >= 4 is 28.4 Å². The van der Waals surface area contributed by atoms with Crippen molar-refractivity contribution < 1.29 is 14.0 Å². The first-order valence-electron chi connectivity index (χ1n) is 12.5. The molecule has 0 unspecified atom stereocenters. The van der Waals surface area contributed by atoms with E-state index >= 15 is 0 Å². The van der Waals surface area contributed by atoms with Gasteiger partial charge in [-0.25, -0.2) is 9.07 Å². The highest BCUT2D eigenvalue weighted by molar-refractivity contribution is 6.01. The van der Waals surface area contributed by atoms with Gasteiger partial charge < -0.3 is 10.2 Å². The normalized spacial score (nSPS) is 21.8. The average molecular weight is 483 g/mol. The average Bonchev–Trinajstić information content (AvgIpc) is 3.61. The molecule has 1 aliphatic heterocycles. The highest BCUT2D eigenvalue weighted by Gasteiger charge is 2.50. The summed E-state index contributed by atoms with van der Waals surface area (Å²) in [5, 5.41) is 8.61. The van der Waals surface area contributed by atoms with Gasteiger partial charge in [0, 0.05) is 17.0 Å². The molecule has 7 heteroatoms. The Morgan fingerprint density at radius 3 is 2.44 bits per heavy atom. The molecule has 3 aromatic carbocycles. The van der Waals surface area contributed by atoms with Crippen LogP contribution in [-0.2, 0) is 9.59 Å². The van der Waals surface area contributed by atoms with Gasteiger partial charge in [0.25, 0.3) is 0 Å². The molecule has 1 N–H and O–H groups in total. The summed E-state index contributed by atoms with van der Waals surface area (Å²) in [6.45, 7) is 2.00. The molecule has 36 heavy (non-hydrogen) atoms. The quantitative estimate of drug-likeness (QED) is 0.412. The number of carbonyl (C=O) groups is 2. The second-order valence-corrected chi connectivity index (χ2v) is 9.66. The topological polar surface area (TPSA) is 67.2 Å². The Morgan fingerprint density at radius 1 is 1.03 bits per heavy atom. The van der Waals surface area contributed by atoms with Crippen LogP contribution < -0.4 is 10.2 Å². The maximum atomic E-state index is 13.8. The molecule has 0 radical (unpaired) electrons. The van der Waals surface area contributed by atoms with E-state index < -0.39 is 0 Å². The van der Waals surface area contributed by atoms with Gasteiger partial charge in [-0.05, 0) is 67.3 Å². The van der Waals surface area contributed by atoms with E-state index in [1.807, 2.05) is 60.4 Å². The van der Waals surface area contributed by atoms with Crippen molar-refractivity contribution in [3.05, 3.63) is 90.4 Å². The van der Waals surface area contributed by atoms with Gasteiger partial charge in [-0.3, -0.25) is 9.59 Å². The summed E-state index contributed by atoms with van der Waals surface area (Å²) in [5.74, 6) is -0.485. The zero-order valence-electron chi connectivity index (χ0n) is 20.0. The number of hydrogen-bond donors (Lipinski definition) is 1. The number of anilines is 1. The van der Waals surface area contributed by atoms with Crippen molar-refractivity contribution in [1.29, 1.82) is 0 Å². The lowest BCUT2D eigenvalue weighted by molar-refractivity contribution is -0.124. The molecular formula is C29H27FN4O2. The van der Waals surface area contributed by atoms with Crippen molar-refractivity contribution in [1.82, 2.24) is 15.1 Å². The van der Waals surface area contributed by atoms with Gasteiger partial charge in [0.05, 0.1) is 35.4 Å². The highest BCUT2D eigenvalue weighted by atomic mass is 19.1. The molecule has 6 nitrogen and oxygen atoms in total. The fourth-order valence-electron chi connectivity index (χ4n) is 5.34. The number of nitrogens with one attached hydrogen (secondary N) is 1. The number of nitrogens with zero attached hydrogens (tertiary/aromatic N) is 3. The van der Waals surface area contributed by atoms with Gasteiger partial charge in [0.1, 0.15) is 5.82 Å². The molecule has 2 aliphatic rings. The first-order chi connectivity index (χ1) is 17.5. The second kappa shape index (κ2) is 8.90. The first kappa shape index (κ1) is 22.5. The summed E-state index contributed by atoms with van der Waals surface area (Å²) >= 11 is 0. The van der Waals surface area contributed by atoms with Gasteiger partial charge >= 0.3 is 0 Å². The Balaban J connectivity index is 1.42. The van der Waals surface area contributed by atoms with E-state index in [2.05, 4.69) is 10.4 Å². The number of amides is 2. The summed E-state index contributed by atoms with van der Waals surface area (Å²) in [5.41, 5.74) is 3.37. The molecule has 2 amide bonds. The van der Waals surface area contributed by atoms with Gasteiger partial charge in [-0.1, -0.05) is 37.3 Å². The minimum Gasteiger partial charge on any atom is -0.350 e. The Kier molecular flexibility index (Phi) is 5.55. The van der Waals surface area contributed by atoms with Crippen LogP contribution in [0.25, 0.3) is 16.6 Å².